The van der Waals surface area contributed by atoms with Crippen LogP contribution in [-0.4, -0.2) is 74.8 Å². The van der Waals surface area contributed by atoms with Gasteiger partial charge in [-0.25, -0.2) is 14.6 Å². The fourth-order valence-corrected chi connectivity index (χ4v) is 7.97. The number of nitrogens with zero attached hydrogens (tertiary/aromatic N) is 4. The van der Waals surface area contributed by atoms with Gasteiger partial charge < -0.3 is 25.0 Å². The van der Waals surface area contributed by atoms with Crippen molar-refractivity contribution in [1.29, 1.82) is 0 Å². The van der Waals surface area contributed by atoms with E-state index in [0.29, 0.717) is 31.7 Å². The van der Waals surface area contributed by atoms with Crippen LogP contribution < -0.4 is 10.6 Å². The van der Waals surface area contributed by atoms with Crippen molar-refractivity contribution in [3.8, 4) is 0 Å². The summed E-state index contributed by atoms with van der Waals surface area (Å²) in [5.41, 5.74) is 3.64. The number of urea groups is 1. The number of thiazole rings is 2. The highest BCUT2D eigenvalue weighted by Gasteiger charge is 2.51. The molecule has 0 spiro atoms. The van der Waals surface area contributed by atoms with E-state index in [1.165, 1.54) is 11.3 Å². The van der Waals surface area contributed by atoms with Gasteiger partial charge in [-0.1, -0.05) is 88.4 Å². The van der Waals surface area contributed by atoms with E-state index in [1.807, 2.05) is 93.7 Å². The van der Waals surface area contributed by atoms with Gasteiger partial charge in [0.05, 0.1) is 39.8 Å². The van der Waals surface area contributed by atoms with Crippen LogP contribution in [0.25, 0.3) is 0 Å². The largest absolute Gasteiger partial charge is 0.444 e. The number of carbonyl (C=O) groups is 3. The zero-order valence-corrected chi connectivity index (χ0v) is 33.3. The van der Waals surface area contributed by atoms with Crippen LogP contribution in [0.15, 0.2) is 77.8 Å². The molecule has 0 radical (unpaired) electrons. The van der Waals surface area contributed by atoms with Gasteiger partial charge in [-0.15, -0.1) is 22.7 Å². The first-order chi connectivity index (χ1) is 25.3. The molecule has 1 fully saturated rings. The molecule has 3 heterocycles. The predicted molar refractivity (Wildman–Crippen MR) is 209 cm³/mol. The number of hydrogen-bond acceptors (Lipinski definition) is 9. The van der Waals surface area contributed by atoms with Crippen molar-refractivity contribution in [2.24, 2.45) is 5.92 Å². The molecule has 1 saturated heterocycles. The first-order valence-electron chi connectivity index (χ1n) is 18.2. The molecule has 0 unspecified atom stereocenters. The lowest BCUT2D eigenvalue weighted by atomic mass is 9.93. The molecule has 4 amide bonds. The van der Waals surface area contributed by atoms with Crippen LogP contribution in [0.1, 0.15) is 80.6 Å². The molecule has 4 atom stereocenters. The minimum absolute atomic E-state index is 0.117. The van der Waals surface area contributed by atoms with Gasteiger partial charge >= 0.3 is 12.1 Å². The molecular weight excluding hydrogens is 709 g/mol. The Morgan fingerprint density at radius 2 is 1.66 bits per heavy atom. The van der Waals surface area contributed by atoms with E-state index in [-0.39, 0.29) is 36.5 Å². The van der Waals surface area contributed by atoms with Crippen LogP contribution in [0.3, 0.4) is 0 Å². The fourth-order valence-electron chi connectivity index (χ4n) is 6.64. The SMILES string of the molecule is CC(C)c1nc(CN(C)C(=O)N[C@H](C(=O)N[C@@H](Cc2ccccc2)C[C@@H]2OC(C)(C)N(C(=O)OCc3cncs3)[C@H]2Cc2ccccc2)C(C)C)cs1. The molecule has 1 aliphatic rings. The summed E-state index contributed by atoms with van der Waals surface area (Å²) in [7, 11) is 1.71. The summed E-state index contributed by atoms with van der Waals surface area (Å²) in [5.74, 6) is -0.157. The van der Waals surface area contributed by atoms with Crippen molar-refractivity contribution in [2.75, 3.05) is 7.05 Å². The number of carbonyl (C=O) groups excluding carboxylic acids is 3. The Balaban J connectivity index is 1.35. The minimum Gasteiger partial charge on any atom is -0.444 e. The Labute approximate surface area is 321 Å². The monoisotopic (exact) mass is 760 g/mol. The molecule has 13 heteroatoms. The number of hydrogen-bond donors (Lipinski definition) is 2. The van der Waals surface area contributed by atoms with Gasteiger partial charge in [0.1, 0.15) is 18.4 Å². The third kappa shape index (κ3) is 10.9. The van der Waals surface area contributed by atoms with Crippen LogP contribution in [0.5, 0.6) is 0 Å². The average molecular weight is 761 g/mol. The number of amides is 4. The Hall–Kier alpha value is -4.33. The van der Waals surface area contributed by atoms with Crippen molar-refractivity contribution in [3.05, 3.63) is 104 Å². The summed E-state index contributed by atoms with van der Waals surface area (Å²) in [6.07, 6.45) is 2.26. The standard InChI is InChI=1S/C40H52N6O5S2/c1-26(2)35(44-38(48)45(7)22-31-24-52-37(43-31)27(3)4)36(47)42-30(18-28-14-10-8-11-15-28)20-34-33(19-29-16-12-9-13-17-29)46(40(5,6)51-34)39(49)50-23-32-21-41-25-53-32/h8-17,21,24-27,30,33-35H,18-20,22-23H2,1-7H3,(H,42,47)(H,44,48)/t30-,33-,34-,35-/m0/s1. The zero-order valence-electron chi connectivity index (χ0n) is 31.7. The maximum atomic E-state index is 14.1. The molecule has 2 aromatic heterocycles. The number of aromatic nitrogens is 2. The molecule has 53 heavy (non-hydrogen) atoms. The third-order valence-corrected chi connectivity index (χ3v) is 11.3. The van der Waals surface area contributed by atoms with Gasteiger partial charge in [-0.2, -0.15) is 0 Å². The summed E-state index contributed by atoms with van der Waals surface area (Å²) >= 11 is 3.01. The van der Waals surface area contributed by atoms with E-state index in [0.717, 1.165) is 26.7 Å². The quantitative estimate of drug-likeness (QED) is 0.129. The highest BCUT2D eigenvalue weighted by atomic mass is 32.1. The summed E-state index contributed by atoms with van der Waals surface area (Å²) in [6.45, 7) is 12.2. The number of ether oxygens (including phenoxy) is 2. The topological polar surface area (TPSA) is 126 Å². The number of rotatable bonds is 15. The predicted octanol–water partition coefficient (Wildman–Crippen LogP) is 7.39. The summed E-state index contributed by atoms with van der Waals surface area (Å²) in [5, 5.41) is 9.25. The zero-order chi connectivity index (χ0) is 38.1. The summed E-state index contributed by atoms with van der Waals surface area (Å²) in [6, 6.07) is 18.1. The molecule has 2 aromatic carbocycles. The highest BCUT2D eigenvalue weighted by molar-refractivity contribution is 7.09. The van der Waals surface area contributed by atoms with Gasteiger partial charge in [0, 0.05) is 30.6 Å². The Kier molecular flexibility index (Phi) is 13.6. The van der Waals surface area contributed by atoms with Crippen molar-refractivity contribution in [2.45, 2.75) is 110 Å². The Morgan fingerprint density at radius 3 is 2.26 bits per heavy atom. The van der Waals surface area contributed by atoms with E-state index >= 15 is 0 Å². The summed E-state index contributed by atoms with van der Waals surface area (Å²) < 4.78 is 12.5. The van der Waals surface area contributed by atoms with Crippen molar-refractivity contribution >= 4 is 40.7 Å². The van der Waals surface area contributed by atoms with Crippen LogP contribution in [0.4, 0.5) is 9.59 Å². The third-order valence-electron chi connectivity index (χ3n) is 9.31. The molecule has 1 aliphatic heterocycles. The van der Waals surface area contributed by atoms with E-state index in [4.69, 9.17) is 9.47 Å². The first-order valence-corrected chi connectivity index (χ1v) is 19.9. The van der Waals surface area contributed by atoms with Gasteiger partial charge in [0.2, 0.25) is 5.91 Å². The second-order valence-corrected chi connectivity index (χ2v) is 16.6. The second-order valence-electron chi connectivity index (χ2n) is 14.7. The molecule has 0 aliphatic carbocycles. The van der Waals surface area contributed by atoms with Crippen LogP contribution in [-0.2, 0) is 40.3 Å². The molecule has 0 bridgehead atoms. The van der Waals surface area contributed by atoms with Crippen molar-refractivity contribution in [1.82, 2.24) is 30.4 Å². The highest BCUT2D eigenvalue weighted by Crippen LogP contribution is 2.37. The van der Waals surface area contributed by atoms with Gasteiger partial charge in [0.25, 0.3) is 0 Å². The first kappa shape index (κ1) is 39.9. The lowest BCUT2D eigenvalue weighted by Gasteiger charge is -2.33. The van der Waals surface area contributed by atoms with E-state index in [1.54, 1.807) is 39.9 Å². The Morgan fingerprint density at radius 1 is 0.981 bits per heavy atom. The van der Waals surface area contributed by atoms with E-state index < -0.39 is 24.0 Å². The maximum absolute atomic E-state index is 14.1. The number of nitrogens with one attached hydrogen (secondary N) is 2. The molecule has 5 rings (SSSR count). The lowest BCUT2D eigenvalue weighted by Crippen LogP contribution is -2.55. The molecule has 284 valence electrons. The van der Waals surface area contributed by atoms with E-state index in [2.05, 4.69) is 34.4 Å². The molecule has 11 nitrogen and oxygen atoms in total. The summed E-state index contributed by atoms with van der Waals surface area (Å²) in [4.78, 5) is 54.2. The fraction of sp³-hybridized carbons (Fsp3) is 0.475. The molecule has 2 N–H and O–H groups in total. The van der Waals surface area contributed by atoms with Gasteiger partial charge in [0.15, 0.2) is 0 Å². The van der Waals surface area contributed by atoms with Gasteiger partial charge in [-0.05, 0) is 50.2 Å². The van der Waals surface area contributed by atoms with Crippen molar-refractivity contribution in [3.63, 3.8) is 0 Å². The van der Waals surface area contributed by atoms with Crippen molar-refractivity contribution < 1.29 is 23.9 Å². The van der Waals surface area contributed by atoms with Crippen LogP contribution >= 0.6 is 22.7 Å². The van der Waals surface area contributed by atoms with Gasteiger partial charge in [-0.3, -0.25) is 14.7 Å². The molecule has 4 aromatic rings. The second kappa shape index (κ2) is 18.1. The van der Waals surface area contributed by atoms with Crippen LogP contribution in [0, 0.1) is 5.92 Å². The maximum Gasteiger partial charge on any atom is 0.412 e. The molecule has 0 saturated carbocycles. The van der Waals surface area contributed by atoms with E-state index in [9.17, 15) is 14.4 Å². The Bertz CT molecular complexity index is 1770. The smallest absolute Gasteiger partial charge is 0.412 e. The lowest BCUT2D eigenvalue weighted by molar-refractivity contribution is -0.125. The minimum atomic E-state index is -0.984. The average Bonchev–Trinajstić information content (AvgIpc) is 3.87. The normalized spacial score (nSPS) is 17.8. The van der Waals surface area contributed by atoms with Crippen LogP contribution in [0.2, 0.25) is 0 Å². The molecular formula is C40H52N6O5S2. The number of benzene rings is 2.